The third-order valence-electron chi connectivity index (χ3n) is 10.1. The molecule has 3 heterocycles. The van der Waals surface area contributed by atoms with Crippen molar-refractivity contribution in [3.8, 4) is 11.1 Å². The minimum atomic E-state index is 0.108. The van der Waals surface area contributed by atoms with Crippen LogP contribution in [0.25, 0.3) is 11.1 Å². The van der Waals surface area contributed by atoms with Gasteiger partial charge in [0.2, 0.25) is 0 Å². The zero-order valence-electron chi connectivity index (χ0n) is 28.5. The lowest BCUT2D eigenvalue weighted by Crippen LogP contribution is -2.47. The molecule has 3 aromatic carbocycles. The van der Waals surface area contributed by atoms with Crippen LogP contribution in [0, 0.1) is 0 Å². The molecule has 250 valence electrons. The first-order valence-corrected chi connectivity index (χ1v) is 18.1. The molecule has 6 rings (SSSR count). The van der Waals surface area contributed by atoms with E-state index in [4.69, 9.17) is 0 Å². The van der Waals surface area contributed by atoms with E-state index in [9.17, 15) is 9.59 Å². The van der Waals surface area contributed by atoms with Crippen LogP contribution in [0.15, 0.2) is 97.2 Å². The second kappa shape index (κ2) is 16.7. The maximum atomic E-state index is 14.2. The predicted molar refractivity (Wildman–Crippen MR) is 194 cm³/mol. The highest BCUT2D eigenvalue weighted by Crippen LogP contribution is 2.26. The summed E-state index contributed by atoms with van der Waals surface area (Å²) in [7, 11) is 0. The summed E-state index contributed by atoms with van der Waals surface area (Å²) in [5, 5.41) is 0. The molecule has 2 aliphatic rings. The number of benzene rings is 3. The summed E-state index contributed by atoms with van der Waals surface area (Å²) in [6, 6.07) is 31.2. The second-order valence-electron chi connectivity index (χ2n) is 13.5. The van der Waals surface area contributed by atoms with Crippen molar-refractivity contribution < 1.29 is 9.59 Å². The third kappa shape index (κ3) is 8.78. The normalized spacial score (nSPS) is 15.7. The number of piperidine rings is 2. The van der Waals surface area contributed by atoms with Gasteiger partial charge in [0.25, 0.3) is 11.8 Å². The van der Waals surface area contributed by atoms with Gasteiger partial charge in [0.05, 0.1) is 5.69 Å². The van der Waals surface area contributed by atoms with Gasteiger partial charge in [-0.25, -0.2) is 0 Å². The average molecular weight is 643 g/mol. The minimum absolute atomic E-state index is 0.108. The molecule has 6 nitrogen and oxygen atoms in total. The fourth-order valence-corrected chi connectivity index (χ4v) is 7.12. The monoisotopic (exact) mass is 642 g/mol. The van der Waals surface area contributed by atoms with E-state index in [1.165, 1.54) is 31.2 Å². The molecule has 2 amide bonds. The van der Waals surface area contributed by atoms with Crippen LogP contribution in [0.2, 0.25) is 0 Å². The largest absolute Gasteiger partial charge is 0.339 e. The first-order chi connectivity index (χ1) is 23.6. The number of aromatic nitrogens is 1. The summed E-state index contributed by atoms with van der Waals surface area (Å²) in [5.74, 6) is 0.242. The Morgan fingerprint density at radius 1 is 0.729 bits per heavy atom. The molecular weight excluding hydrogens is 592 g/mol. The fourth-order valence-electron chi connectivity index (χ4n) is 7.12. The van der Waals surface area contributed by atoms with Gasteiger partial charge in [0, 0.05) is 62.6 Å². The topological polar surface area (TPSA) is 56.8 Å². The van der Waals surface area contributed by atoms with Crippen LogP contribution in [0.1, 0.15) is 95.8 Å². The van der Waals surface area contributed by atoms with E-state index in [2.05, 4.69) is 64.2 Å². The number of rotatable bonds is 12. The van der Waals surface area contributed by atoms with Crippen molar-refractivity contribution in [2.75, 3.05) is 26.2 Å². The number of pyridine rings is 1. The Balaban J connectivity index is 1.14. The molecule has 6 heteroatoms. The number of hydrogen-bond donors (Lipinski definition) is 0. The second-order valence-corrected chi connectivity index (χ2v) is 13.5. The van der Waals surface area contributed by atoms with Crippen molar-refractivity contribution in [2.45, 2.75) is 83.8 Å². The van der Waals surface area contributed by atoms with E-state index in [1.807, 2.05) is 59.6 Å². The quantitative estimate of drug-likeness (QED) is 0.146. The molecule has 2 fully saturated rings. The van der Waals surface area contributed by atoms with Crippen LogP contribution >= 0.6 is 0 Å². The summed E-state index contributed by atoms with van der Waals surface area (Å²) in [6.45, 7) is 7.24. The molecule has 0 saturated carbocycles. The summed E-state index contributed by atoms with van der Waals surface area (Å²) < 4.78 is 0. The Labute approximate surface area is 286 Å². The number of unbranched alkanes of at least 4 members (excludes halogenated alkanes) is 2. The zero-order valence-corrected chi connectivity index (χ0v) is 28.5. The van der Waals surface area contributed by atoms with Crippen molar-refractivity contribution >= 4 is 11.8 Å². The Morgan fingerprint density at radius 2 is 1.38 bits per heavy atom. The molecule has 0 N–H and O–H groups in total. The Bertz CT molecular complexity index is 1590. The first-order valence-electron chi connectivity index (χ1n) is 18.1. The number of carbonyl (C=O) groups excluding carboxylic acids is 2. The van der Waals surface area contributed by atoms with Gasteiger partial charge in [-0.2, -0.15) is 0 Å². The van der Waals surface area contributed by atoms with E-state index < -0.39 is 0 Å². The van der Waals surface area contributed by atoms with Crippen molar-refractivity contribution in [3.63, 3.8) is 0 Å². The molecule has 0 spiro atoms. The zero-order chi connectivity index (χ0) is 33.1. The molecule has 48 heavy (non-hydrogen) atoms. The van der Waals surface area contributed by atoms with Gasteiger partial charge in [-0.15, -0.1) is 0 Å². The van der Waals surface area contributed by atoms with E-state index >= 15 is 0 Å². The number of hydrogen-bond acceptors (Lipinski definition) is 4. The van der Waals surface area contributed by atoms with Gasteiger partial charge in [-0.3, -0.25) is 19.5 Å². The number of nitrogens with zero attached hydrogens (tertiary/aromatic N) is 4. The van der Waals surface area contributed by atoms with Gasteiger partial charge >= 0.3 is 0 Å². The highest BCUT2D eigenvalue weighted by atomic mass is 16.2. The molecule has 2 aliphatic heterocycles. The smallest absolute Gasteiger partial charge is 0.254 e. The number of amides is 2. The van der Waals surface area contributed by atoms with Crippen molar-refractivity contribution in [3.05, 3.63) is 125 Å². The third-order valence-corrected chi connectivity index (χ3v) is 10.1. The molecular formula is C42H50N4O2. The Morgan fingerprint density at radius 3 is 2.02 bits per heavy atom. The van der Waals surface area contributed by atoms with E-state index in [0.29, 0.717) is 6.54 Å². The van der Waals surface area contributed by atoms with Gasteiger partial charge in [0.15, 0.2) is 0 Å². The van der Waals surface area contributed by atoms with Gasteiger partial charge in [0.1, 0.15) is 0 Å². The standard InChI is InChI=1S/C42H50N4O2/c1-2-3-5-10-33-12-18-38(19-13-33)42(48)46(40-24-29-44(30-25-40)32-39-11-6-7-26-43-39)31-34-14-16-35(17-15-34)36-20-22-37(23-21-36)41(47)45-27-8-4-9-28-45/h6-7,11-23,26,40H,2-5,8-10,24-25,27-32H2,1H3. The highest BCUT2D eigenvalue weighted by Gasteiger charge is 2.29. The Hall–Kier alpha value is -4.29. The van der Waals surface area contributed by atoms with Crippen molar-refractivity contribution in [2.24, 2.45) is 0 Å². The van der Waals surface area contributed by atoms with E-state index in [0.717, 1.165) is 98.3 Å². The molecule has 2 saturated heterocycles. The molecule has 0 aliphatic carbocycles. The van der Waals surface area contributed by atoms with Gasteiger partial charge in [-0.1, -0.05) is 74.4 Å². The predicted octanol–water partition coefficient (Wildman–Crippen LogP) is 8.41. The highest BCUT2D eigenvalue weighted by molar-refractivity contribution is 5.95. The molecule has 0 atom stereocenters. The lowest BCUT2D eigenvalue weighted by Gasteiger charge is -2.38. The first kappa shape index (κ1) is 33.6. The average Bonchev–Trinajstić information content (AvgIpc) is 3.15. The SMILES string of the molecule is CCCCCc1ccc(C(=O)N(Cc2ccc(-c3ccc(C(=O)N4CCCCC4)cc3)cc2)C2CCN(Cc3ccccn3)CC2)cc1. The minimum Gasteiger partial charge on any atom is -0.339 e. The molecule has 1 aromatic heterocycles. The summed E-state index contributed by atoms with van der Waals surface area (Å²) >= 11 is 0. The van der Waals surface area contributed by atoms with Crippen LogP contribution < -0.4 is 0 Å². The summed E-state index contributed by atoms with van der Waals surface area (Å²) in [4.78, 5) is 38.2. The number of aryl methyl sites for hydroxylation is 1. The number of likely N-dealkylation sites (tertiary alicyclic amines) is 2. The van der Waals surface area contributed by atoms with E-state index in [-0.39, 0.29) is 17.9 Å². The maximum Gasteiger partial charge on any atom is 0.254 e. The summed E-state index contributed by atoms with van der Waals surface area (Å²) in [6.07, 6.45) is 11.8. The van der Waals surface area contributed by atoms with Crippen LogP contribution in [0.3, 0.4) is 0 Å². The summed E-state index contributed by atoms with van der Waals surface area (Å²) in [5.41, 5.74) is 7.22. The number of carbonyl (C=O) groups is 2. The van der Waals surface area contributed by atoms with Crippen LogP contribution in [0.5, 0.6) is 0 Å². The van der Waals surface area contributed by atoms with Gasteiger partial charge < -0.3 is 9.80 Å². The molecule has 0 unspecified atom stereocenters. The lowest BCUT2D eigenvalue weighted by atomic mass is 9.98. The molecule has 0 bridgehead atoms. The van der Waals surface area contributed by atoms with Crippen molar-refractivity contribution in [1.82, 2.24) is 19.7 Å². The van der Waals surface area contributed by atoms with Crippen molar-refractivity contribution in [1.29, 1.82) is 0 Å². The lowest BCUT2D eigenvalue weighted by molar-refractivity contribution is 0.0541. The van der Waals surface area contributed by atoms with E-state index in [1.54, 1.807) is 0 Å². The fraction of sp³-hybridized carbons (Fsp3) is 0.405. The Kier molecular flexibility index (Phi) is 11.7. The molecule has 4 aromatic rings. The van der Waals surface area contributed by atoms with Crippen LogP contribution in [0.4, 0.5) is 0 Å². The van der Waals surface area contributed by atoms with Gasteiger partial charge in [-0.05, 0) is 104 Å². The van der Waals surface area contributed by atoms with Crippen LogP contribution in [-0.4, -0.2) is 63.7 Å². The molecule has 0 radical (unpaired) electrons. The van der Waals surface area contributed by atoms with Crippen LogP contribution in [-0.2, 0) is 19.5 Å². The maximum absolute atomic E-state index is 14.2.